The summed E-state index contributed by atoms with van der Waals surface area (Å²) in [5, 5.41) is 0. The van der Waals surface area contributed by atoms with Gasteiger partial charge in [0.25, 0.3) is 0 Å². The van der Waals surface area contributed by atoms with Crippen molar-refractivity contribution in [2.75, 3.05) is 0 Å². The van der Waals surface area contributed by atoms with Gasteiger partial charge in [-0.15, -0.1) is 0 Å². The Morgan fingerprint density at radius 2 is 1.22 bits per heavy atom. The molecule has 32 heavy (non-hydrogen) atoms. The minimum atomic E-state index is -0.176. The molecular weight excluding hydrogens is 393 g/mol. The van der Waals surface area contributed by atoms with Crippen LogP contribution in [0.4, 0.5) is 4.39 Å². The second-order valence-electron chi connectivity index (χ2n) is 8.92. The van der Waals surface area contributed by atoms with E-state index in [2.05, 4.69) is 49.2 Å². The Morgan fingerprint density at radius 3 is 1.91 bits per heavy atom. The van der Waals surface area contributed by atoms with Gasteiger partial charge in [0, 0.05) is 17.3 Å². The second kappa shape index (κ2) is 13.2. The predicted molar refractivity (Wildman–Crippen MR) is 135 cm³/mol. The molecule has 0 atom stereocenters. The molecule has 1 aromatic heterocycles. The van der Waals surface area contributed by atoms with Crippen LogP contribution in [-0.2, 0) is 12.8 Å². The first-order chi connectivity index (χ1) is 15.7. The molecule has 0 spiro atoms. The molecule has 0 radical (unpaired) electrons. The van der Waals surface area contributed by atoms with Crippen molar-refractivity contribution in [2.24, 2.45) is 0 Å². The lowest BCUT2D eigenvalue weighted by atomic mass is 10.0. The highest BCUT2D eigenvalue weighted by Crippen LogP contribution is 2.26. The molecule has 1 nitrogen and oxygen atoms in total. The molecule has 170 valence electrons. The number of aryl methyl sites for hydroxylation is 2. The highest BCUT2D eigenvalue weighted by atomic mass is 19.1. The summed E-state index contributed by atoms with van der Waals surface area (Å²) in [7, 11) is 0. The molecule has 3 rings (SSSR count). The molecule has 0 saturated carbocycles. The van der Waals surface area contributed by atoms with Gasteiger partial charge in [0.05, 0.1) is 5.69 Å². The summed E-state index contributed by atoms with van der Waals surface area (Å²) in [4.78, 5) is 4.56. The van der Waals surface area contributed by atoms with Crippen molar-refractivity contribution in [3.8, 4) is 22.4 Å². The summed E-state index contributed by atoms with van der Waals surface area (Å²) < 4.78 is 14.8. The van der Waals surface area contributed by atoms with Crippen LogP contribution in [0.3, 0.4) is 0 Å². The lowest BCUT2D eigenvalue weighted by Crippen LogP contribution is -1.93. The minimum absolute atomic E-state index is 0.176. The number of halogens is 1. The van der Waals surface area contributed by atoms with Gasteiger partial charge in [-0.25, -0.2) is 4.39 Å². The van der Waals surface area contributed by atoms with Crippen molar-refractivity contribution in [2.45, 2.75) is 84.5 Å². The average molecular weight is 432 g/mol. The lowest BCUT2D eigenvalue weighted by molar-refractivity contribution is 0.603. The van der Waals surface area contributed by atoms with Gasteiger partial charge in [0.2, 0.25) is 0 Å². The largest absolute Gasteiger partial charge is 0.256 e. The molecule has 0 aliphatic heterocycles. The quantitative estimate of drug-likeness (QED) is 0.246. The fraction of sp³-hybridized carbons (Fsp3) is 0.433. The summed E-state index contributed by atoms with van der Waals surface area (Å²) in [6, 6.07) is 18.3. The molecule has 0 aliphatic carbocycles. The first-order valence-electron chi connectivity index (χ1n) is 12.6. The van der Waals surface area contributed by atoms with Gasteiger partial charge in [-0.3, -0.25) is 4.98 Å². The van der Waals surface area contributed by atoms with Crippen molar-refractivity contribution in [1.82, 2.24) is 4.98 Å². The Kier molecular flexibility index (Phi) is 9.94. The van der Waals surface area contributed by atoms with Crippen LogP contribution in [0.15, 0.2) is 60.8 Å². The van der Waals surface area contributed by atoms with Crippen LogP contribution in [0.25, 0.3) is 22.4 Å². The number of rotatable bonds is 13. The van der Waals surface area contributed by atoms with E-state index in [0.717, 1.165) is 36.0 Å². The zero-order chi connectivity index (χ0) is 22.6. The average Bonchev–Trinajstić information content (AvgIpc) is 2.82. The van der Waals surface area contributed by atoms with E-state index in [1.807, 2.05) is 24.4 Å². The van der Waals surface area contributed by atoms with Gasteiger partial charge < -0.3 is 0 Å². The zero-order valence-corrected chi connectivity index (χ0v) is 19.9. The first kappa shape index (κ1) is 24.2. The van der Waals surface area contributed by atoms with Gasteiger partial charge in [-0.1, -0.05) is 95.2 Å². The molecule has 3 aromatic rings. The van der Waals surface area contributed by atoms with Crippen LogP contribution >= 0.6 is 0 Å². The molecule has 0 amide bonds. The zero-order valence-electron chi connectivity index (χ0n) is 19.9. The minimum Gasteiger partial charge on any atom is -0.256 e. The molecule has 0 N–H and O–H groups in total. The smallest absolute Gasteiger partial charge is 0.132 e. The molecule has 0 unspecified atom stereocenters. The van der Waals surface area contributed by atoms with Gasteiger partial charge in [-0.05, 0) is 60.6 Å². The SMILES string of the molecule is CCCCCCCCc1ccc(-c2ccc(-c3ccc(CCCCC)cc3)cn2)c(F)c1. The third-order valence-corrected chi connectivity index (χ3v) is 6.25. The van der Waals surface area contributed by atoms with E-state index >= 15 is 0 Å². The van der Waals surface area contributed by atoms with E-state index in [1.165, 1.54) is 56.9 Å². The Hall–Kier alpha value is -2.48. The van der Waals surface area contributed by atoms with E-state index in [4.69, 9.17) is 0 Å². The van der Waals surface area contributed by atoms with Crippen molar-refractivity contribution in [3.05, 3.63) is 77.7 Å². The van der Waals surface area contributed by atoms with Crippen LogP contribution in [0.5, 0.6) is 0 Å². The number of unbranched alkanes of at least 4 members (excludes halogenated alkanes) is 7. The summed E-state index contributed by atoms with van der Waals surface area (Å²) >= 11 is 0. The molecule has 1 heterocycles. The number of nitrogens with zero attached hydrogens (tertiary/aromatic N) is 1. The normalized spacial score (nSPS) is 11.1. The van der Waals surface area contributed by atoms with Crippen molar-refractivity contribution >= 4 is 0 Å². The van der Waals surface area contributed by atoms with E-state index in [1.54, 1.807) is 6.07 Å². The third-order valence-electron chi connectivity index (χ3n) is 6.25. The highest BCUT2D eigenvalue weighted by Gasteiger charge is 2.08. The van der Waals surface area contributed by atoms with Crippen LogP contribution in [0.2, 0.25) is 0 Å². The molecule has 2 aromatic carbocycles. The number of aromatic nitrogens is 1. The molecular formula is C30H38FN. The maximum Gasteiger partial charge on any atom is 0.132 e. The fourth-order valence-electron chi connectivity index (χ4n) is 4.20. The summed E-state index contributed by atoms with van der Waals surface area (Å²) in [5.74, 6) is -0.176. The van der Waals surface area contributed by atoms with Crippen molar-refractivity contribution in [1.29, 1.82) is 0 Å². The van der Waals surface area contributed by atoms with Gasteiger partial charge in [-0.2, -0.15) is 0 Å². The van der Waals surface area contributed by atoms with E-state index in [-0.39, 0.29) is 5.82 Å². The van der Waals surface area contributed by atoms with E-state index < -0.39 is 0 Å². The highest BCUT2D eigenvalue weighted by molar-refractivity contribution is 5.67. The number of pyridine rings is 1. The molecule has 2 heteroatoms. The Bertz CT molecular complexity index is 928. The summed E-state index contributed by atoms with van der Waals surface area (Å²) in [6.07, 6.45) is 15.3. The second-order valence-corrected chi connectivity index (χ2v) is 8.92. The Labute approximate surface area is 194 Å². The van der Waals surface area contributed by atoms with E-state index in [9.17, 15) is 4.39 Å². The Morgan fingerprint density at radius 1 is 0.625 bits per heavy atom. The molecule has 0 saturated heterocycles. The maximum atomic E-state index is 14.8. The number of hydrogen-bond acceptors (Lipinski definition) is 1. The van der Waals surface area contributed by atoms with Gasteiger partial charge in [0.15, 0.2) is 0 Å². The van der Waals surface area contributed by atoms with Crippen LogP contribution < -0.4 is 0 Å². The van der Waals surface area contributed by atoms with Gasteiger partial charge in [0.1, 0.15) is 5.82 Å². The maximum absolute atomic E-state index is 14.8. The summed E-state index contributed by atoms with van der Waals surface area (Å²) in [5.41, 5.74) is 5.95. The van der Waals surface area contributed by atoms with Gasteiger partial charge >= 0.3 is 0 Å². The first-order valence-corrected chi connectivity index (χ1v) is 12.6. The molecule has 0 fully saturated rings. The monoisotopic (exact) mass is 431 g/mol. The molecule has 0 aliphatic rings. The van der Waals surface area contributed by atoms with Crippen LogP contribution in [0, 0.1) is 5.82 Å². The van der Waals surface area contributed by atoms with Crippen LogP contribution in [0.1, 0.15) is 82.8 Å². The Balaban J connectivity index is 1.58. The summed E-state index contributed by atoms with van der Waals surface area (Å²) in [6.45, 7) is 4.47. The number of hydrogen-bond donors (Lipinski definition) is 0. The fourth-order valence-corrected chi connectivity index (χ4v) is 4.20. The third kappa shape index (κ3) is 7.29. The van der Waals surface area contributed by atoms with Crippen molar-refractivity contribution < 1.29 is 4.39 Å². The molecule has 0 bridgehead atoms. The van der Waals surface area contributed by atoms with E-state index in [0.29, 0.717) is 11.3 Å². The van der Waals surface area contributed by atoms with Crippen LogP contribution in [-0.4, -0.2) is 4.98 Å². The van der Waals surface area contributed by atoms with Crippen molar-refractivity contribution in [3.63, 3.8) is 0 Å². The predicted octanol–water partition coefficient (Wildman–Crippen LogP) is 9.19. The standard InChI is InChI=1S/C30H38FN/c1-3-5-7-8-9-11-13-25-16-20-28(29(31)22-25)30-21-19-27(23-32-30)26-17-14-24(15-18-26)12-10-6-4-2/h14-23H,3-13H2,1-2H3. The topological polar surface area (TPSA) is 12.9 Å². The lowest BCUT2D eigenvalue weighted by Gasteiger charge is -2.08. The number of benzene rings is 2.